The molecule has 0 saturated heterocycles. The third-order valence-corrected chi connectivity index (χ3v) is 5.71. The first kappa shape index (κ1) is 14.6. The van der Waals surface area contributed by atoms with E-state index in [4.69, 9.17) is 10.00 Å². The van der Waals surface area contributed by atoms with Crippen molar-refractivity contribution in [2.45, 2.75) is 38.2 Å². The molecule has 1 saturated carbocycles. The standard InChI is InChI=1S/C17H16BrNOS/c18-15-10-16(13-8-6-12(11-19)7-9-13)21-17(15)20-14-4-2-1-3-5-14/h6-10,14H,1-5H2. The van der Waals surface area contributed by atoms with E-state index in [9.17, 15) is 0 Å². The predicted octanol–water partition coefficient (Wildman–Crippen LogP) is 5.76. The van der Waals surface area contributed by atoms with Crippen LogP contribution in [0.5, 0.6) is 5.06 Å². The number of nitrogens with zero attached hydrogens (tertiary/aromatic N) is 1. The van der Waals surface area contributed by atoms with Gasteiger partial charge in [-0.15, -0.1) is 0 Å². The second-order valence-corrected chi connectivity index (χ2v) is 7.18. The van der Waals surface area contributed by atoms with Crippen LogP contribution in [0.3, 0.4) is 0 Å². The first-order valence-corrected chi connectivity index (χ1v) is 8.84. The lowest BCUT2D eigenvalue weighted by Gasteiger charge is -2.22. The molecule has 21 heavy (non-hydrogen) atoms. The largest absolute Gasteiger partial charge is 0.480 e. The SMILES string of the molecule is N#Cc1ccc(-c2cc(Br)c(OC3CCCCC3)s2)cc1. The van der Waals surface area contributed by atoms with Crippen LogP contribution in [0.4, 0.5) is 0 Å². The Morgan fingerprint density at radius 3 is 2.52 bits per heavy atom. The van der Waals surface area contributed by atoms with Gasteiger partial charge in [0.05, 0.1) is 22.2 Å². The molecular formula is C17H16BrNOS. The minimum atomic E-state index is 0.363. The Morgan fingerprint density at radius 2 is 1.86 bits per heavy atom. The Bertz CT molecular complexity index is 650. The van der Waals surface area contributed by atoms with Crippen molar-refractivity contribution < 1.29 is 4.74 Å². The van der Waals surface area contributed by atoms with Crippen LogP contribution >= 0.6 is 27.3 Å². The molecule has 0 radical (unpaired) electrons. The molecule has 1 heterocycles. The van der Waals surface area contributed by atoms with Crippen molar-refractivity contribution in [2.24, 2.45) is 0 Å². The third-order valence-electron chi connectivity index (χ3n) is 3.78. The molecule has 1 aliphatic rings. The summed E-state index contributed by atoms with van der Waals surface area (Å²) < 4.78 is 7.18. The number of halogens is 1. The quantitative estimate of drug-likeness (QED) is 0.695. The Kier molecular flexibility index (Phi) is 4.62. The number of hydrogen-bond donors (Lipinski definition) is 0. The van der Waals surface area contributed by atoms with E-state index in [1.807, 2.05) is 24.3 Å². The zero-order valence-corrected chi connectivity index (χ0v) is 14.0. The van der Waals surface area contributed by atoms with Gasteiger partial charge in [0.1, 0.15) is 0 Å². The van der Waals surface area contributed by atoms with Crippen LogP contribution in [0.1, 0.15) is 37.7 Å². The number of ether oxygens (including phenoxy) is 1. The Balaban J connectivity index is 1.78. The number of thiophene rings is 1. The molecule has 0 spiro atoms. The summed E-state index contributed by atoms with van der Waals surface area (Å²) >= 11 is 5.27. The fraction of sp³-hybridized carbons (Fsp3) is 0.353. The molecule has 1 fully saturated rings. The van der Waals surface area contributed by atoms with Gasteiger partial charge in [0, 0.05) is 4.88 Å². The molecule has 4 heteroatoms. The van der Waals surface area contributed by atoms with Gasteiger partial charge in [0.15, 0.2) is 5.06 Å². The van der Waals surface area contributed by atoms with Crippen molar-refractivity contribution in [2.75, 3.05) is 0 Å². The van der Waals surface area contributed by atoms with Crippen molar-refractivity contribution in [3.8, 4) is 21.6 Å². The molecule has 108 valence electrons. The van der Waals surface area contributed by atoms with Gasteiger partial charge in [-0.1, -0.05) is 29.9 Å². The summed E-state index contributed by atoms with van der Waals surface area (Å²) in [5, 5.41) is 9.83. The molecule has 1 aromatic heterocycles. The zero-order chi connectivity index (χ0) is 14.7. The van der Waals surface area contributed by atoms with Crippen molar-refractivity contribution in [3.05, 3.63) is 40.4 Å². The van der Waals surface area contributed by atoms with Gasteiger partial charge in [0.2, 0.25) is 0 Å². The van der Waals surface area contributed by atoms with Crippen molar-refractivity contribution in [3.63, 3.8) is 0 Å². The van der Waals surface area contributed by atoms with E-state index in [1.165, 1.54) is 19.3 Å². The lowest BCUT2D eigenvalue weighted by molar-refractivity contribution is 0.159. The summed E-state index contributed by atoms with van der Waals surface area (Å²) in [6.07, 6.45) is 6.57. The molecule has 1 aromatic carbocycles. The normalized spacial score (nSPS) is 15.6. The van der Waals surface area contributed by atoms with Gasteiger partial charge in [-0.2, -0.15) is 5.26 Å². The van der Waals surface area contributed by atoms with Crippen molar-refractivity contribution >= 4 is 27.3 Å². The molecule has 3 rings (SSSR count). The van der Waals surface area contributed by atoms with Crippen LogP contribution in [-0.4, -0.2) is 6.10 Å². The van der Waals surface area contributed by atoms with E-state index >= 15 is 0 Å². The van der Waals surface area contributed by atoms with Gasteiger partial charge in [-0.3, -0.25) is 0 Å². The highest BCUT2D eigenvalue weighted by atomic mass is 79.9. The lowest BCUT2D eigenvalue weighted by Crippen LogP contribution is -2.19. The monoisotopic (exact) mass is 361 g/mol. The lowest BCUT2D eigenvalue weighted by atomic mass is 9.98. The molecule has 2 aromatic rings. The fourth-order valence-electron chi connectivity index (χ4n) is 2.62. The summed E-state index contributed by atoms with van der Waals surface area (Å²) in [4.78, 5) is 1.16. The summed E-state index contributed by atoms with van der Waals surface area (Å²) in [5.41, 5.74) is 1.81. The number of rotatable bonds is 3. The van der Waals surface area contributed by atoms with E-state index in [0.717, 1.165) is 32.8 Å². The van der Waals surface area contributed by atoms with Crippen LogP contribution in [0.15, 0.2) is 34.8 Å². The van der Waals surface area contributed by atoms with Gasteiger partial charge >= 0.3 is 0 Å². The van der Waals surface area contributed by atoms with E-state index < -0.39 is 0 Å². The van der Waals surface area contributed by atoms with Crippen LogP contribution in [-0.2, 0) is 0 Å². The Morgan fingerprint density at radius 1 is 1.14 bits per heavy atom. The van der Waals surface area contributed by atoms with Crippen molar-refractivity contribution in [1.82, 2.24) is 0 Å². The molecule has 1 aliphatic carbocycles. The smallest absolute Gasteiger partial charge is 0.189 e. The Labute approximate surface area is 137 Å². The van der Waals surface area contributed by atoms with Crippen molar-refractivity contribution in [1.29, 1.82) is 5.26 Å². The maximum atomic E-state index is 8.85. The van der Waals surface area contributed by atoms with Gasteiger partial charge in [-0.05, 0) is 65.4 Å². The molecule has 0 atom stereocenters. The van der Waals surface area contributed by atoms with Gasteiger partial charge in [-0.25, -0.2) is 0 Å². The van der Waals surface area contributed by atoms with E-state index in [2.05, 4.69) is 28.1 Å². The van der Waals surface area contributed by atoms with Crippen LogP contribution < -0.4 is 4.74 Å². The minimum Gasteiger partial charge on any atom is -0.480 e. The van der Waals surface area contributed by atoms with Crippen LogP contribution in [0.25, 0.3) is 10.4 Å². The highest BCUT2D eigenvalue weighted by molar-refractivity contribution is 9.10. The second kappa shape index (κ2) is 6.64. The summed E-state index contributed by atoms with van der Waals surface area (Å²) in [5.74, 6) is 0. The average Bonchev–Trinajstić information content (AvgIpc) is 2.89. The number of hydrogen-bond acceptors (Lipinski definition) is 3. The molecule has 0 N–H and O–H groups in total. The van der Waals surface area contributed by atoms with E-state index in [1.54, 1.807) is 11.3 Å². The molecule has 0 aliphatic heterocycles. The molecule has 0 amide bonds. The van der Waals surface area contributed by atoms with Gasteiger partial charge < -0.3 is 4.74 Å². The highest BCUT2D eigenvalue weighted by Gasteiger charge is 2.18. The Hall–Kier alpha value is -1.31. The first-order valence-electron chi connectivity index (χ1n) is 7.23. The van der Waals surface area contributed by atoms with E-state index in [-0.39, 0.29) is 0 Å². The predicted molar refractivity (Wildman–Crippen MR) is 89.7 cm³/mol. The van der Waals surface area contributed by atoms with Crippen LogP contribution in [0, 0.1) is 11.3 Å². The molecular weight excluding hydrogens is 346 g/mol. The number of benzene rings is 1. The van der Waals surface area contributed by atoms with Crippen LogP contribution in [0.2, 0.25) is 0 Å². The summed E-state index contributed by atoms with van der Waals surface area (Å²) in [7, 11) is 0. The zero-order valence-electron chi connectivity index (χ0n) is 11.6. The maximum absolute atomic E-state index is 8.85. The first-order chi connectivity index (χ1) is 10.3. The fourth-order valence-corrected chi connectivity index (χ4v) is 4.31. The molecule has 0 bridgehead atoms. The van der Waals surface area contributed by atoms with Gasteiger partial charge in [0.25, 0.3) is 0 Å². The minimum absolute atomic E-state index is 0.363. The topological polar surface area (TPSA) is 33.0 Å². The molecule has 0 unspecified atom stereocenters. The van der Waals surface area contributed by atoms with E-state index in [0.29, 0.717) is 11.7 Å². The maximum Gasteiger partial charge on any atom is 0.189 e. The summed E-state index contributed by atoms with van der Waals surface area (Å²) in [6.45, 7) is 0. The third kappa shape index (κ3) is 3.48. The molecule has 2 nitrogen and oxygen atoms in total. The highest BCUT2D eigenvalue weighted by Crippen LogP contribution is 2.41. The second-order valence-electron chi connectivity index (χ2n) is 5.31. The average molecular weight is 362 g/mol. The summed E-state index contributed by atoms with van der Waals surface area (Å²) in [6, 6.07) is 11.9. The number of nitriles is 1.